The van der Waals surface area contributed by atoms with E-state index >= 15 is 0 Å². The molecule has 1 atom stereocenters. The summed E-state index contributed by atoms with van der Waals surface area (Å²) < 4.78 is 71.8. The summed E-state index contributed by atoms with van der Waals surface area (Å²) in [6, 6.07) is 8.22. The van der Waals surface area contributed by atoms with Crippen molar-refractivity contribution in [2.45, 2.75) is 36.9 Å². The fourth-order valence-electron chi connectivity index (χ4n) is 2.52. The topological polar surface area (TPSA) is 110 Å². The number of halogens is 4. The minimum atomic E-state index is -5.40. The second-order valence-corrected chi connectivity index (χ2v) is 9.21. The maximum absolute atomic E-state index is 13.1. The highest BCUT2D eigenvalue weighted by molar-refractivity contribution is 9.10. The molecule has 0 radical (unpaired) electrons. The third kappa shape index (κ3) is 6.20. The van der Waals surface area contributed by atoms with E-state index in [1.165, 1.54) is 38.1 Å². The van der Waals surface area contributed by atoms with Crippen LogP contribution in [0.15, 0.2) is 51.8 Å². The molecule has 0 heterocycles. The highest BCUT2D eigenvalue weighted by atomic mass is 79.9. The number of benzene rings is 2. The summed E-state index contributed by atoms with van der Waals surface area (Å²) >= 11 is 3.16. The third-order valence-electron chi connectivity index (χ3n) is 3.84. The van der Waals surface area contributed by atoms with Gasteiger partial charge in [-0.05, 0) is 56.3 Å². The van der Waals surface area contributed by atoms with E-state index < -0.39 is 51.3 Å². The van der Waals surface area contributed by atoms with Crippen molar-refractivity contribution in [2.75, 3.05) is 4.72 Å². The van der Waals surface area contributed by atoms with Crippen LogP contribution in [0.2, 0.25) is 0 Å². The predicted molar refractivity (Wildman–Crippen MR) is 108 cm³/mol. The molecule has 2 aromatic rings. The standard InChI is InChI=1S/C19H17BrF3NO6S/c1-10(2)30-18(27)16(17(26)19(21,22)23)14-9-12(5-8-15(14)25)24-31(28,29)13-6-3-11(20)4-7-13/h3-10,16,24-25H,1-2H3/t16-/m0/s1. The molecule has 168 valence electrons. The smallest absolute Gasteiger partial charge is 0.451 e. The number of hydrogen-bond donors (Lipinski definition) is 2. The largest absolute Gasteiger partial charge is 0.508 e. The number of carbonyl (C=O) groups excluding carboxylic acids is 2. The number of aromatic hydroxyl groups is 1. The lowest BCUT2D eigenvalue weighted by Gasteiger charge is -2.20. The minimum Gasteiger partial charge on any atom is -0.508 e. The maximum atomic E-state index is 13.1. The van der Waals surface area contributed by atoms with Crippen molar-refractivity contribution >= 4 is 43.4 Å². The molecule has 0 amide bonds. The molecule has 0 aromatic heterocycles. The average molecular weight is 524 g/mol. The number of phenols is 1. The quantitative estimate of drug-likeness (QED) is 0.321. The van der Waals surface area contributed by atoms with Crippen LogP contribution in [0.4, 0.5) is 18.9 Å². The number of hydrogen-bond acceptors (Lipinski definition) is 6. The Morgan fingerprint density at radius 1 is 1.10 bits per heavy atom. The Morgan fingerprint density at radius 3 is 2.19 bits per heavy atom. The molecule has 0 aliphatic rings. The molecule has 0 saturated heterocycles. The fraction of sp³-hybridized carbons (Fsp3) is 0.263. The normalized spacial score (nSPS) is 13.0. The zero-order valence-electron chi connectivity index (χ0n) is 16.1. The predicted octanol–water partition coefficient (Wildman–Crippen LogP) is 4.12. The van der Waals surface area contributed by atoms with Crippen LogP contribution in [0.1, 0.15) is 25.3 Å². The fourth-order valence-corrected chi connectivity index (χ4v) is 3.83. The molecule has 12 heteroatoms. The second-order valence-electron chi connectivity index (χ2n) is 6.61. The van der Waals surface area contributed by atoms with Crippen molar-refractivity contribution in [3.05, 3.63) is 52.5 Å². The van der Waals surface area contributed by atoms with E-state index in [0.717, 1.165) is 18.2 Å². The number of carbonyl (C=O) groups is 2. The first kappa shape index (κ1) is 24.7. The monoisotopic (exact) mass is 523 g/mol. The molecule has 0 spiro atoms. The van der Waals surface area contributed by atoms with Crippen molar-refractivity contribution in [3.63, 3.8) is 0 Å². The van der Waals surface area contributed by atoms with Crippen LogP contribution in [-0.2, 0) is 24.3 Å². The van der Waals surface area contributed by atoms with Gasteiger partial charge in [0.05, 0.1) is 11.0 Å². The van der Waals surface area contributed by atoms with Crippen LogP contribution in [0.25, 0.3) is 0 Å². The van der Waals surface area contributed by atoms with E-state index in [9.17, 15) is 36.3 Å². The molecule has 0 aliphatic heterocycles. The Labute approximate surface area is 184 Å². The van der Waals surface area contributed by atoms with Gasteiger partial charge in [0.2, 0.25) is 0 Å². The number of alkyl halides is 3. The van der Waals surface area contributed by atoms with E-state index in [0.29, 0.717) is 4.47 Å². The van der Waals surface area contributed by atoms with Crippen molar-refractivity contribution < 1.29 is 41.0 Å². The summed E-state index contributed by atoms with van der Waals surface area (Å²) in [4.78, 5) is 24.0. The number of ketones is 1. The van der Waals surface area contributed by atoms with Gasteiger partial charge in [0.15, 0.2) is 5.92 Å². The van der Waals surface area contributed by atoms with Crippen LogP contribution in [0.3, 0.4) is 0 Å². The number of Topliss-reactive ketones (excluding diaryl/α,β-unsaturated/α-hetero) is 1. The number of rotatable bonds is 7. The Bertz CT molecular complexity index is 1080. The number of anilines is 1. The molecule has 2 rings (SSSR count). The SMILES string of the molecule is CC(C)OC(=O)[C@H](C(=O)C(F)(F)F)c1cc(NS(=O)(=O)c2ccc(Br)cc2)ccc1O. The van der Waals surface area contributed by atoms with Crippen molar-refractivity contribution in [1.29, 1.82) is 0 Å². The number of phenolic OH excluding ortho intramolecular Hbond substituents is 1. The summed E-state index contributed by atoms with van der Waals surface area (Å²) in [6.45, 7) is 2.74. The maximum Gasteiger partial charge on any atom is 0.451 e. The van der Waals surface area contributed by atoms with Crippen LogP contribution in [0, 0.1) is 0 Å². The lowest BCUT2D eigenvalue weighted by molar-refractivity contribution is -0.178. The Hall–Kier alpha value is -2.60. The summed E-state index contributed by atoms with van der Waals surface area (Å²) in [5.41, 5.74) is -1.02. The molecular weight excluding hydrogens is 507 g/mol. The zero-order chi connectivity index (χ0) is 23.6. The molecular formula is C19H17BrF3NO6S. The minimum absolute atomic E-state index is 0.146. The highest BCUT2D eigenvalue weighted by Gasteiger charge is 2.48. The van der Waals surface area contributed by atoms with Crippen LogP contribution < -0.4 is 4.72 Å². The summed E-state index contributed by atoms with van der Waals surface area (Å²) in [5.74, 6) is -7.32. The van der Waals surface area contributed by atoms with Crippen molar-refractivity contribution in [3.8, 4) is 5.75 Å². The van der Waals surface area contributed by atoms with Gasteiger partial charge in [-0.1, -0.05) is 15.9 Å². The molecule has 0 unspecified atom stereocenters. The van der Waals surface area contributed by atoms with E-state index in [2.05, 4.69) is 20.7 Å². The van der Waals surface area contributed by atoms with E-state index in [1.807, 2.05) is 0 Å². The number of ether oxygens (including phenoxy) is 1. The third-order valence-corrected chi connectivity index (χ3v) is 5.77. The Balaban J connectivity index is 2.49. The van der Waals surface area contributed by atoms with Gasteiger partial charge in [-0.2, -0.15) is 13.2 Å². The number of esters is 1. The van der Waals surface area contributed by atoms with Gasteiger partial charge in [0, 0.05) is 15.7 Å². The summed E-state index contributed by atoms with van der Waals surface area (Å²) in [6.07, 6.45) is -6.24. The molecule has 0 bridgehead atoms. The molecule has 2 aromatic carbocycles. The second kappa shape index (κ2) is 9.27. The van der Waals surface area contributed by atoms with Gasteiger partial charge < -0.3 is 9.84 Å². The summed E-state index contributed by atoms with van der Waals surface area (Å²) in [5, 5.41) is 10.0. The number of nitrogens with one attached hydrogen (secondary N) is 1. The van der Waals surface area contributed by atoms with Crippen molar-refractivity contribution in [1.82, 2.24) is 0 Å². The van der Waals surface area contributed by atoms with Gasteiger partial charge in [0.25, 0.3) is 15.8 Å². The average Bonchev–Trinajstić information content (AvgIpc) is 2.63. The van der Waals surface area contributed by atoms with Crippen LogP contribution in [0.5, 0.6) is 5.75 Å². The van der Waals surface area contributed by atoms with Gasteiger partial charge in [-0.25, -0.2) is 8.42 Å². The molecule has 31 heavy (non-hydrogen) atoms. The first-order valence-corrected chi connectivity index (χ1v) is 10.9. The molecule has 0 fully saturated rings. The molecule has 0 aliphatic carbocycles. The van der Waals surface area contributed by atoms with Crippen molar-refractivity contribution in [2.24, 2.45) is 0 Å². The lowest BCUT2D eigenvalue weighted by atomic mass is 9.93. The lowest BCUT2D eigenvalue weighted by Crippen LogP contribution is -2.35. The number of sulfonamides is 1. The van der Waals surface area contributed by atoms with Gasteiger partial charge in [-0.15, -0.1) is 0 Å². The van der Waals surface area contributed by atoms with E-state index in [1.54, 1.807) is 0 Å². The first-order valence-electron chi connectivity index (χ1n) is 8.65. The highest BCUT2D eigenvalue weighted by Crippen LogP contribution is 2.35. The molecule has 7 nitrogen and oxygen atoms in total. The van der Waals surface area contributed by atoms with Crippen LogP contribution >= 0.6 is 15.9 Å². The molecule has 2 N–H and O–H groups in total. The Morgan fingerprint density at radius 2 is 1.68 bits per heavy atom. The van der Waals surface area contributed by atoms with Gasteiger partial charge >= 0.3 is 12.1 Å². The molecule has 0 saturated carbocycles. The van der Waals surface area contributed by atoms with E-state index in [4.69, 9.17) is 4.74 Å². The van der Waals surface area contributed by atoms with Crippen LogP contribution in [-0.4, -0.2) is 37.6 Å². The summed E-state index contributed by atoms with van der Waals surface area (Å²) in [7, 11) is -4.15. The Kier molecular flexibility index (Phi) is 7.37. The first-order chi connectivity index (χ1) is 14.2. The zero-order valence-corrected chi connectivity index (χ0v) is 18.5. The van der Waals surface area contributed by atoms with Gasteiger partial charge in [0.1, 0.15) is 5.75 Å². The van der Waals surface area contributed by atoms with Gasteiger partial charge in [-0.3, -0.25) is 14.3 Å². The van der Waals surface area contributed by atoms with E-state index in [-0.39, 0.29) is 10.6 Å².